The van der Waals surface area contributed by atoms with Crippen molar-refractivity contribution in [3.8, 4) is 0 Å². The standard InChI is InChI=1S/C26H29N7O4S/c1-26(2)22(25(36)37)33-23(35)21(24(33)38-26)11-20(34)16-32-15-19(29-30-32)14-31(12-17-7-3-5-9-27-17)13-18-8-4-6-10-28-18/h3-10,15,21-22,24H,11-14,16H2,1-2H3,(H,36,37)/t21-,22+,24?/m1/s1. The fourth-order valence-corrected chi connectivity index (χ4v) is 6.78. The topological polar surface area (TPSA) is 134 Å². The van der Waals surface area contributed by atoms with Crippen LogP contribution in [0.5, 0.6) is 0 Å². The van der Waals surface area contributed by atoms with Crippen molar-refractivity contribution in [3.05, 3.63) is 72.1 Å². The summed E-state index contributed by atoms with van der Waals surface area (Å²) in [5.41, 5.74) is 2.54. The quantitative estimate of drug-likeness (QED) is 0.363. The fourth-order valence-electron chi connectivity index (χ4n) is 5.10. The van der Waals surface area contributed by atoms with Crippen LogP contribution in [0, 0.1) is 5.92 Å². The van der Waals surface area contributed by atoms with Crippen LogP contribution in [-0.2, 0) is 40.6 Å². The lowest BCUT2D eigenvalue weighted by Crippen LogP contribution is -2.62. The molecule has 3 aromatic heterocycles. The first kappa shape index (κ1) is 26.0. The Labute approximate surface area is 224 Å². The third kappa shape index (κ3) is 5.46. The molecule has 0 aliphatic carbocycles. The number of amides is 1. The van der Waals surface area contributed by atoms with Gasteiger partial charge in [0, 0.05) is 43.2 Å². The number of carboxylic acid groups (broad SMARTS) is 1. The highest BCUT2D eigenvalue weighted by Gasteiger charge is 2.63. The number of aliphatic carboxylic acids is 1. The molecule has 1 amide bonds. The third-order valence-corrected chi connectivity index (χ3v) is 8.39. The molecule has 1 N–H and O–H groups in total. The number of Topliss-reactive ketones (excluding diaryl/α,β-unsaturated/α-hetero) is 1. The molecule has 0 aromatic carbocycles. The first-order chi connectivity index (χ1) is 18.2. The van der Waals surface area contributed by atoms with Gasteiger partial charge in [0.25, 0.3) is 0 Å². The molecule has 3 aromatic rings. The van der Waals surface area contributed by atoms with E-state index in [9.17, 15) is 19.5 Å². The van der Waals surface area contributed by atoms with E-state index in [0.717, 1.165) is 11.4 Å². The number of carboxylic acids is 1. The van der Waals surface area contributed by atoms with Gasteiger partial charge in [0.15, 0.2) is 5.78 Å². The van der Waals surface area contributed by atoms with Gasteiger partial charge < -0.3 is 10.0 Å². The van der Waals surface area contributed by atoms with E-state index in [-0.39, 0.29) is 30.0 Å². The van der Waals surface area contributed by atoms with E-state index < -0.39 is 22.7 Å². The van der Waals surface area contributed by atoms with Gasteiger partial charge in [-0.25, -0.2) is 9.48 Å². The summed E-state index contributed by atoms with van der Waals surface area (Å²) < 4.78 is 0.880. The molecule has 0 saturated carbocycles. The number of carbonyl (C=O) groups excluding carboxylic acids is 2. The Bertz CT molecular complexity index is 1280. The average molecular weight is 536 g/mol. The van der Waals surface area contributed by atoms with Crippen molar-refractivity contribution >= 4 is 29.4 Å². The molecule has 5 rings (SSSR count). The Morgan fingerprint density at radius 2 is 1.66 bits per heavy atom. The van der Waals surface area contributed by atoms with Crippen LogP contribution >= 0.6 is 11.8 Å². The minimum atomic E-state index is -1.02. The number of hydrogen-bond donors (Lipinski definition) is 1. The molecule has 12 heteroatoms. The van der Waals surface area contributed by atoms with Gasteiger partial charge in [-0.2, -0.15) is 0 Å². The molecule has 38 heavy (non-hydrogen) atoms. The Balaban J connectivity index is 1.20. The second-order valence-electron chi connectivity index (χ2n) is 10.1. The van der Waals surface area contributed by atoms with Crippen LogP contribution in [-0.4, -0.2) is 73.7 Å². The first-order valence-electron chi connectivity index (χ1n) is 12.4. The molecule has 1 unspecified atom stereocenters. The summed E-state index contributed by atoms with van der Waals surface area (Å²) in [6.07, 6.45) is 5.31. The van der Waals surface area contributed by atoms with E-state index in [1.165, 1.54) is 21.3 Å². The van der Waals surface area contributed by atoms with E-state index in [1.807, 2.05) is 50.2 Å². The van der Waals surface area contributed by atoms with Crippen molar-refractivity contribution in [3.63, 3.8) is 0 Å². The highest BCUT2D eigenvalue weighted by molar-refractivity contribution is 8.01. The smallest absolute Gasteiger partial charge is 0.327 e. The van der Waals surface area contributed by atoms with E-state index in [1.54, 1.807) is 18.6 Å². The third-order valence-electron chi connectivity index (χ3n) is 6.77. The van der Waals surface area contributed by atoms with Crippen molar-refractivity contribution in [2.24, 2.45) is 5.92 Å². The Kier molecular flexibility index (Phi) is 7.26. The molecule has 11 nitrogen and oxygen atoms in total. The van der Waals surface area contributed by atoms with Crippen LogP contribution in [0.4, 0.5) is 0 Å². The fraction of sp³-hybridized carbons (Fsp3) is 0.423. The summed E-state index contributed by atoms with van der Waals surface area (Å²) in [5.74, 6) is -1.94. The number of carbonyl (C=O) groups is 3. The summed E-state index contributed by atoms with van der Waals surface area (Å²) >= 11 is 1.45. The molecule has 2 aliphatic heterocycles. The number of rotatable bonds is 11. The van der Waals surface area contributed by atoms with Crippen molar-refractivity contribution < 1.29 is 19.5 Å². The maximum atomic E-state index is 12.8. The van der Waals surface area contributed by atoms with Gasteiger partial charge in [-0.1, -0.05) is 17.3 Å². The van der Waals surface area contributed by atoms with E-state index in [4.69, 9.17) is 0 Å². The number of ketones is 1. The van der Waals surface area contributed by atoms with Gasteiger partial charge in [-0.15, -0.1) is 16.9 Å². The van der Waals surface area contributed by atoms with E-state index in [2.05, 4.69) is 25.2 Å². The Hall–Kier alpha value is -3.64. The van der Waals surface area contributed by atoms with Gasteiger partial charge >= 0.3 is 5.97 Å². The lowest BCUT2D eigenvalue weighted by Gasteiger charge is -2.43. The van der Waals surface area contributed by atoms with Crippen LogP contribution < -0.4 is 0 Å². The minimum Gasteiger partial charge on any atom is -0.480 e. The predicted octanol–water partition coefficient (Wildman–Crippen LogP) is 1.99. The number of nitrogens with zero attached hydrogens (tertiary/aromatic N) is 7. The van der Waals surface area contributed by atoms with Crippen LogP contribution in [0.2, 0.25) is 0 Å². The average Bonchev–Trinajstić information content (AvgIpc) is 3.42. The summed E-state index contributed by atoms with van der Waals surface area (Å²) in [4.78, 5) is 49.7. The Morgan fingerprint density at radius 1 is 1.03 bits per heavy atom. The number of aromatic nitrogens is 5. The van der Waals surface area contributed by atoms with Crippen molar-refractivity contribution in [1.29, 1.82) is 0 Å². The van der Waals surface area contributed by atoms with Gasteiger partial charge in [-0.3, -0.25) is 24.5 Å². The number of fused-ring (bicyclic) bond motifs is 1. The lowest BCUT2D eigenvalue weighted by atomic mass is 9.88. The normalized spacial score (nSPS) is 21.8. The molecule has 2 saturated heterocycles. The zero-order chi connectivity index (χ0) is 26.9. The van der Waals surface area contributed by atoms with E-state index in [0.29, 0.717) is 25.3 Å². The number of pyridine rings is 2. The second kappa shape index (κ2) is 10.6. The molecule has 0 spiro atoms. The molecule has 0 radical (unpaired) electrons. The second-order valence-corrected chi connectivity index (χ2v) is 11.9. The van der Waals surface area contributed by atoms with Crippen LogP contribution in [0.3, 0.4) is 0 Å². The molecule has 198 valence electrons. The van der Waals surface area contributed by atoms with Crippen molar-refractivity contribution in [2.75, 3.05) is 0 Å². The summed E-state index contributed by atoms with van der Waals surface area (Å²) in [5, 5.41) is 17.7. The zero-order valence-electron chi connectivity index (χ0n) is 21.2. The van der Waals surface area contributed by atoms with Crippen molar-refractivity contribution in [1.82, 2.24) is 34.8 Å². The van der Waals surface area contributed by atoms with E-state index >= 15 is 0 Å². The van der Waals surface area contributed by atoms with Crippen molar-refractivity contribution in [2.45, 2.75) is 62.6 Å². The van der Waals surface area contributed by atoms with Crippen LogP contribution in [0.15, 0.2) is 55.0 Å². The zero-order valence-corrected chi connectivity index (χ0v) is 22.0. The maximum Gasteiger partial charge on any atom is 0.327 e. The van der Waals surface area contributed by atoms with Gasteiger partial charge in [0.1, 0.15) is 12.6 Å². The van der Waals surface area contributed by atoms with Gasteiger partial charge in [0.05, 0.1) is 34.6 Å². The molecule has 3 atom stereocenters. The summed E-state index contributed by atoms with van der Waals surface area (Å²) in [7, 11) is 0. The lowest BCUT2D eigenvalue weighted by molar-refractivity contribution is -0.164. The monoisotopic (exact) mass is 535 g/mol. The summed E-state index contributed by atoms with van der Waals surface area (Å²) in [6.45, 7) is 5.32. The van der Waals surface area contributed by atoms with Gasteiger partial charge in [-0.05, 0) is 38.1 Å². The Morgan fingerprint density at radius 3 is 2.24 bits per heavy atom. The number of hydrogen-bond acceptors (Lipinski definition) is 9. The number of β-lactam (4-membered cyclic amide) rings is 1. The molecular weight excluding hydrogens is 506 g/mol. The predicted molar refractivity (Wildman–Crippen MR) is 138 cm³/mol. The largest absolute Gasteiger partial charge is 0.480 e. The van der Waals surface area contributed by atoms with Gasteiger partial charge in [0.2, 0.25) is 5.91 Å². The van der Waals surface area contributed by atoms with Crippen LogP contribution in [0.25, 0.3) is 0 Å². The molecular formula is C26H29N7O4S. The summed E-state index contributed by atoms with van der Waals surface area (Å²) in [6, 6.07) is 10.7. The molecule has 5 heterocycles. The molecule has 2 fully saturated rings. The SMILES string of the molecule is CC1(C)SC2[C@H](CC(=O)Cn3cc(CN(Cc4ccccn4)Cc4ccccn4)nn3)C(=O)N2[C@H]1C(=O)O. The molecule has 0 bridgehead atoms. The molecule has 2 aliphatic rings. The maximum absolute atomic E-state index is 12.8. The highest BCUT2D eigenvalue weighted by atomic mass is 32.2. The van der Waals surface area contributed by atoms with Crippen LogP contribution in [0.1, 0.15) is 37.4 Å². The minimum absolute atomic E-state index is 0.000397. The number of thioether (sulfide) groups is 1. The first-order valence-corrected chi connectivity index (χ1v) is 13.2. The highest BCUT2D eigenvalue weighted by Crippen LogP contribution is 2.54.